The topological polar surface area (TPSA) is 32.3 Å². The quantitative estimate of drug-likeness (QED) is 0.666. The van der Waals surface area contributed by atoms with E-state index in [0.717, 1.165) is 19.0 Å². The Morgan fingerprint density at radius 2 is 1.92 bits per heavy atom. The van der Waals surface area contributed by atoms with E-state index in [4.69, 9.17) is 0 Å². The molecule has 0 aliphatic carbocycles. The summed E-state index contributed by atoms with van der Waals surface area (Å²) in [6.07, 6.45) is 3.75. The van der Waals surface area contributed by atoms with Crippen LogP contribution in [0.3, 0.4) is 0 Å². The van der Waals surface area contributed by atoms with Crippen LogP contribution in [0.2, 0.25) is 0 Å². The van der Waals surface area contributed by atoms with Crippen LogP contribution in [0, 0.1) is 11.8 Å². The molecule has 2 N–H and O–H groups in total. The summed E-state index contributed by atoms with van der Waals surface area (Å²) < 4.78 is 0. The van der Waals surface area contributed by atoms with Gasteiger partial charge in [0.05, 0.1) is 6.10 Å². The van der Waals surface area contributed by atoms with E-state index in [1.165, 1.54) is 30.8 Å². The zero-order chi connectivity index (χ0) is 9.10. The number of piperidine rings is 1. The van der Waals surface area contributed by atoms with Gasteiger partial charge in [-0.2, -0.15) is 11.8 Å². The molecule has 0 spiro atoms. The van der Waals surface area contributed by atoms with Crippen LogP contribution in [0.1, 0.15) is 19.3 Å². The summed E-state index contributed by atoms with van der Waals surface area (Å²) in [5.74, 6) is 4.00. The number of aliphatic hydroxyl groups excluding tert-OH is 1. The minimum atomic E-state index is -0.0816. The largest absolute Gasteiger partial charge is 0.392 e. The Hall–Kier alpha value is 0.270. The molecule has 13 heavy (non-hydrogen) atoms. The third kappa shape index (κ3) is 2.39. The van der Waals surface area contributed by atoms with E-state index in [0.29, 0.717) is 5.92 Å². The fourth-order valence-electron chi connectivity index (χ4n) is 2.56. The number of rotatable bonds is 1. The minimum absolute atomic E-state index is 0.0816. The molecule has 3 heteroatoms. The SMILES string of the molecule is OC1CNCCC1C1CCSCC1. The van der Waals surface area contributed by atoms with Gasteiger partial charge in [-0.15, -0.1) is 0 Å². The fourth-order valence-corrected chi connectivity index (χ4v) is 3.70. The van der Waals surface area contributed by atoms with Crippen molar-refractivity contribution in [3.63, 3.8) is 0 Å². The van der Waals surface area contributed by atoms with Crippen molar-refractivity contribution >= 4 is 11.8 Å². The predicted molar refractivity (Wildman–Crippen MR) is 57.0 cm³/mol. The molecule has 2 heterocycles. The molecule has 0 radical (unpaired) electrons. The number of thioether (sulfide) groups is 1. The first-order valence-corrected chi connectivity index (χ1v) is 6.50. The second-order valence-electron chi connectivity index (χ2n) is 4.17. The maximum absolute atomic E-state index is 9.85. The Morgan fingerprint density at radius 3 is 2.62 bits per heavy atom. The van der Waals surface area contributed by atoms with Gasteiger partial charge < -0.3 is 10.4 Å². The molecule has 2 saturated heterocycles. The molecule has 2 aliphatic heterocycles. The first kappa shape index (κ1) is 9.81. The lowest BCUT2D eigenvalue weighted by Gasteiger charge is -2.36. The third-order valence-corrected chi connectivity index (χ3v) is 4.42. The highest BCUT2D eigenvalue weighted by Crippen LogP contribution is 2.33. The average molecular weight is 201 g/mol. The van der Waals surface area contributed by atoms with Crippen molar-refractivity contribution in [2.45, 2.75) is 25.4 Å². The van der Waals surface area contributed by atoms with Crippen LogP contribution in [0.5, 0.6) is 0 Å². The maximum atomic E-state index is 9.85. The minimum Gasteiger partial charge on any atom is -0.392 e. The summed E-state index contributed by atoms with van der Waals surface area (Å²) in [4.78, 5) is 0. The second kappa shape index (κ2) is 4.67. The highest BCUT2D eigenvalue weighted by atomic mass is 32.2. The number of hydrogen-bond donors (Lipinski definition) is 2. The molecular weight excluding hydrogens is 182 g/mol. The first-order valence-electron chi connectivity index (χ1n) is 5.34. The van der Waals surface area contributed by atoms with Gasteiger partial charge in [-0.3, -0.25) is 0 Å². The van der Waals surface area contributed by atoms with Gasteiger partial charge in [0.15, 0.2) is 0 Å². The fraction of sp³-hybridized carbons (Fsp3) is 1.00. The zero-order valence-corrected chi connectivity index (χ0v) is 8.85. The predicted octanol–water partition coefficient (Wildman–Crippen LogP) is 1.10. The highest BCUT2D eigenvalue weighted by molar-refractivity contribution is 7.99. The molecule has 0 aromatic heterocycles. The monoisotopic (exact) mass is 201 g/mol. The van der Waals surface area contributed by atoms with E-state index < -0.39 is 0 Å². The number of hydrogen-bond acceptors (Lipinski definition) is 3. The van der Waals surface area contributed by atoms with Gasteiger partial charge in [-0.1, -0.05) is 0 Å². The normalized spacial score (nSPS) is 37.6. The Kier molecular flexibility index (Phi) is 3.52. The first-order chi connectivity index (χ1) is 6.38. The molecule has 2 atom stereocenters. The lowest BCUT2D eigenvalue weighted by Crippen LogP contribution is -2.44. The van der Waals surface area contributed by atoms with Crippen LogP contribution >= 0.6 is 11.8 Å². The van der Waals surface area contributed by atoms with E-state index in [2.05, 4.69) is 17.1 Å². The zero-order valence-electron chi connectivity index (χ0n) is 8.04. The van der Waals surface area contributed by atoms with Crippen LogP contribution in [-0.4, -0.2) is 35.8 Å². The second-order valence-corrected chi connectivity index (χ2v) is 5.40. The number of nitrogens with one attached hydrogen (secondary N) is 1. The van der Waals surface area contributed by atoms with Crippen LogP contribution in [-0.2, 0) is 0 Å². The van der Waals surface area contributed by atoms with Crippen molar-refractivity contribution in [1.29, 1.82) is 0 Å². The van der Waals surface area contributed by atoms with Crippen LogP contribution in [0.15, 0.2) is 0 Å². The summed E-state index contributed by atoms with van der Waals surface area (Å²) in [6, 6.07) is 0. The lowest BCUT2D eigenvalue weighted by molar-refractivity contribution is 0.0450. The Morgan fingerprint density at radius 1 is 1.15 bits per heavy atom. The molecule has 2 aliphatic rings. The van der Waals surface area contributed by atoms with Gasteiger partial charge in [0, 0.05) is 6.54 Å². The van der Waals surface area contributed by atoms with Crippen LogP contribution in [0.4, 0.5) is 0 Å². The molecule has 76 valence electrons. The van der Waals surface area contributed by atoms with E-state index in [9.17, 15) is 5.11 Å². The Labute approximate surface area is 84.5 Å². The van der Waals surface area contributed by atoms with Crippen molar-refractivity contribution in [2.75, 3.05) is 24.6 Å². The van der Waals surface area contributed by atoms with Crippen molar-refractivity contribution < 1.29 is 5.11 Å². The summed E-state index contributed by atoms with van der Waals surface area (Å²) in [7, 11) is 0. The van der Waals surface area contributed by atoms with Gasteiger partial charge in [0.1, 0.15) is 0 Å². The van der Waals surface area contributed by atoms with E-state index in [-0.39, 0.29) is 6.10 Å². The molecule has 2 nitrogen and oxygen atoms in total. The van der Waals surface area contributed by atoms with E-state index in [1.807, 2.05) is 0 Å². The van der Waals surface area contributed by atoms with Gasteiger partial charge in [0.25, 0.3) is 0 Å². The summed E-state index contributed by atoms with van der Waals surface area (Å²) in [5, 5.41) is 13.1. The van der Waals surface area contributed by atoms with Crippen molar-refractivity contribution in [3.8, 4) is 0 Å². The molecule has 2 fully saturated rings. The van der Waals surface area contributed by atoms with Crippen molar-refractivity contribution in [1.82, 2.24) is 5.32 Å². The molecule has 2 unspecified atom stereocenters. The molecule has 0 saturated carbocycles. The number of β-amino-alcohol motifs (C(OH)–C–C–N with tert-alkyl or cyclic N) is 1. The smallest absolute Gasteiger partial charge is 0.0695 e. The van der Waals surface area contributed by atoms with Gasteiger partial charge in [0.2, 0.25) is 0 Å². The number of aliphatic hydroxyl groups is 1. The van der Waals surface area contributed by atoms with Gasteiger partial charge in [-0.25, -0.2) is 0 Å². The van der Waals surface area contributed by atoms with Crippen LogP contribution in [0.25, 0.3) is 0 Å². The summed E-state index contributed by atoms with van der Waals surface area (Å²) >= 11 is 2.07. The standard InChI is InChI=1S/C10H19NOS/c12-10-7-11-4-1-9(10)8-2-5-13-6-3-8/h8-12H,1-7H2. The maximum Gasteiger partial charge on any atom is 0.0695 e. The van der Waals surface area contributed by atoms with Crippen LogP contribution < -0.4 is 5.32 Å². The molecule has 0 bridgehead atoms. The third-order valence-electron chi connectivity index (χ3n) is 3.37. The molecule has 2 rings (SSSR count). The van der Waals surface area contributed by atoms with E-state index in [1.54, 1.807) is 0 Å². The summed E-state index contributed by atoms with van der Waals surface area (Å²) in [5.41, 5.74) is 0. The van der Waals surface area contributed by atoms with Gasteiger partial charge >= 0.3 is 0 Å². The molecule has 0 aromatic carbocycles. The molecule has 0 amide bonds. The van der Waals surface area contributed by atoms with Crippen molar-refractivity contribution in [3.05, 3.63) is 0 Å². The Bertz CT molecular complexity index is 159. The average Bonchev–Trinajstić information content (AvgIpc) is 2.20. The van der Waals surface area contributed by atoms with Gasteiger partial charge in [-0.05, 0) is 49.1 Å². The lowest BCUT2D eigenvalue weighted by atomic mass is 9.80. The summed E-state index contributed by atoms with van der Waals surface area (Å²) in [6.45, 7) is 1.92. The highest BCUT2D eigenvalue weighted by Gasteiger charge is 2.31. The van der Waals surface area contributed by atoms with Crippen molar-refractivity contribution in [2.24, 2.45) is 11.8 Å². The van der Waals surface area contributed by atoms with E-state index >= 15 is 0 Å². The Balaban J connectivity index is 1.88. The molecular formula is C10H19NOS. The molecule has 0 aromatic rings.